The number of aliphatic carboxylic acids is 1. The van der Waals surface area contributed by atoms with E-state index in [1.165, 1.54) is 0 Å². The van der Waals surface area contributed by atoms with Gasteiger partial charge in [0.1, 0.15) is 5.54 Å². The zero-order chi connectivity index (χ0) is 13.3. The molecule has 0 fully saturated rings. The number of carboxylic acids is 1. The van der Waals surface area contributed by atoms with Gasteiger partial charge in [0.15, 0.2) is 0 Å². The molecule has 0 bridgehead atoms. The van der Waals surface area contributed by atoms with Crippen molar-refractivity contribution in [2.75, 3.05) is 0 Å². The van der Waals surface area contributed by atoms with Crippen LogP contribution in [0.3, 0.4) is 0 Å². The van der Waals surface area contributed by atoms with Gasteiger partial charge in [-0.3, -0.25) is 0 Å². The van der Waals surface area contributed by atoms with Crippen molar-refractivity contribution in [1.82, 2.24) is 0 Å². The molecular weight excluding hydrogens is 228 g/mol. The number of fused-ring (bicyclic) bond motifs is 1. The van der Waals surface area contributed by atoms with Gasteiger partial charge in [-0.15, -0.1) is 6.58 Å². The van der Waals surface area contributed by atoms with Crippen LogP contribution in [-0.4, -0.2) is 11.1 Å². The van der Waals surface area contributed by atoms with Crippen molar-refractivity contribution >= 4 is 5.97 Å². The molecule has 1 aliphatic rings. The van der Waals surface area contributed by atoms with Gasteiger partial charge in [0.2, 0.25) is 0 Å². The number of carboxylic acid groups (broad SMARTS) is 1. The maximum absolute atomic E-state index is 11.5. The lowest BCUT2D eigenvalue weighted by Crippen LogP contribution is -2.48. The molecule has 3 N–H and O–H groups in total. The van der Waals surface area contributed by atoms with Crippen LogP contribution in [0.4, 0.5) is 0 Å². The highest BCUT2D eigenvalue weighted by atomic mass is 16.4. The lowest BCUT2D eigenvalue weighted by Gasteiger charge is -2.27. The summed E-state index contributed by atoms with van der Waals surface area (Å²) in [5.41, 5.74) is 6.52. The van der Waals surface area contributed by atoms with Crippen molar-refractivity contribution in [3.8, 4) is 6.07 Å². The normalized spacial score (nSPS) is 25.2. The summed E-state index contributed by atoms with van der Waals surface area (Å²) < 4.78 is 0. The molecule has 4 nitrogen and oxygen atoms in total. The van der Waals surface area contributed by atoms with E-state index >= 15 is 0 Å². The standard InChI is InChI=1S/C14H14N2O2/c1-2-4-10-7-11-9(8-15)5-3-6-12(11)14(10,16)13(17)18/h2-3,5-6,10H,1,4,7,16H2,(H,17,18)/t10-,14+/m0/s1. The molecule has 18 heavy (non-hydrogen) atoms. The first-order valence-corrected chi connectivity index (χ1v) is 5.71. The third-order valence-corrected chi connectivity index (χ3v) is 3.64. The van der Waals surface area contributed by atoms with Crippen molar-refractivity contribution < 1.29 is 9.90 Å². The molecule has 1 aromatic rings. The number of hydrogen-bond acceptors (Lipinski definition) is 3. The average Bonchev–Trinajstić information content (AvgIpc) is 2.65. The molecule has 0 aliphatic heterocycles. The number of hydrogen-bond donors (Lipinski definition) is 2. The molecule has 0 spiro atoms. The Morgan fingerprint density at radius 1 is 1.72 bits per heavy atom. The van der Waals surface area contributed by atoms with Crippen LogP contribution in [0.25, 0.3) is 0 Å². The van der Waals surface area contributed by atoms with E-state index < -0.39 is 11.5 Å². The van der Waals surface area contributed by atoms with Crippen LogP contribution in [0.2, 0.25) is 0 Å². The Balaban J connectivity index is 2.63. The van der Waals surface area contributed by atoms with Crippen LogP contribution in [0.15, 0.2) is 30.9 Å². The summed E-state index contributed by atoms with van der Waals surface area (Å²) >= 11 is 0. The molecule has 0 radical (unpaired) electrons. The van der Waals surface area contributed by atoms with E-state index in [-0.39, 0.29) is 5.92 Å². The smallest absolute Gasteiger partial charge is 0.328 e. The highest BCUT2D eigenvalue weighted by molar-refractivity contribution is 5.83. The Labute approximate surface area is 105 Å². The summed E-state index contributed by atoms with van der Waals surface area (Å²) in [4.78, 5) is 11.5. The second kappa shape index (κ2) is 4.28. The van der Waals surface area contributed by atoms with Gasteiger partial charge in [0.25, 0.3) is 0 Å². The first-order chi connectivity index (χ1) is 8.55. The zero-order valence-corrected chi connectivity index (χ0v) is 9.89. The van der Waals surface area contributed by atoms with Gasteiger partial charge in [-0.2, -0.15) is 5.26 Å². The molecule has 0 unspecified atom stereocenters. The fourth-order valence-electron chi connectivity index (χ4n) is 2.69. The molecule has 1 aromatic carbocycles. The average molecular weight is 242 g/mol. The van der Waals surface area contributed by atoms with Crippen molar-refractivity contribution in [3.63, 3.8) is 0 Å². The predicted molar refractivity (Wildman–Crippen MR) is 66.7 cm³/mol. The van der Waals surface area contributed by atoms with Crippen molar-refractivity contribution in [1.29, 1.82) is 5.26 Å². The molecule has 92 valence electrons. The maximum atomic E-state index is 11.5. The number of nitrogens with two attached hydrogens (primary N) is 1. The van der Waals surface area contributed by atoms with E-state index in [9.17, 15) is 9.90 Å². The predicted octanol–water partition coefficient (Wildman–Crippen LogP) is 1.55. The highest BCUT2D eigenvalue weighted by Gasteiger charge is 2.49. The van der Waals surface area contributed by atoms with Crippen molar-refractivity contribution in [2.45, 2.75) is 18.4 Å². The van der Waals surface area contributed by atoms with E-state index in [4.69, 9.17) is 11.0 Å². The van der Waals surface area contributed by atoms with Gasteiger partial charge < -0.3 is 10.8 Å². The number of allylic oxidation sites excluding steroid dienone is 1. The molecule has 0 amide bonds. The van der Waals surface area contributed by atoms with Crippen LogP contribution in [0.1, 0.15) is 23.1 Å². The van der Waals surface area contributed by atoms with Crippen LogP contribution in [0.5, 0.6) is 0 Å². The van der Waals surface area contributed by atoms with Crippen LogP contribution < -0.4 is 5.73 Å². The molecule has 0 aromatic heterocycles. The van der Waals surface area contributed by atoms with Gasteiger partial charge in [0.05, 0.1) is 11.6 Å². The monoisotopic (exact) mass is 242 g/mol. The van der Waals surface area contributed by atoms with Gasteiger partial charge in [-0.25, -0.2) is 4.79 Å². The Morgan fingerprint density at radius 3 is 3.00 bits per heavy atom. The number of rotatable bonds is 3. The Hall–Kier alpha value is -2.12. The fraction of sp³-hybridized carbons (Fsp3) is 0.286. The molecule has 2 rings (SSSR count). The van der Waals surface area contributed by atoms with E-state index in [0.29, 0.717) is 24.0 Å². The quantitative estimate of drug-likeness (QED) is 0.787. The molecule has 0 saturated carbocycles. The maximum Gasteiger partial charge on any atom is 0.328 e. The zero-order valence-electron chi connectivity index (χ0n) is 9.89. The van der Waals surface area contributed by atoms with E-state index in [0.717, 1.165) is 5.56 Å². The summed E-state index contributed by atoms with van der Waals surface area (Å²) in [6, 6.07) is 7.16. The minimum absolute atomic E-state index is 0.253. The Kier molecular flexibility index (Phi) is 2.93. The first kappa shape index (κ1) is 12.3. The molecule has 0 heterocycles. The summed E-state index contributed by atoms with van der Waals surface area (Å²) in [6.45, 7) is 3.64. The molecular formula is C14H14N2O2. The van der Waals surface area contributed by atoms with E-state index in [1.54, 1.807) is 24.3 Å². The second-order valence-electron chi connectivity index (χ2n) is 4.54. The van der Waals surface area contributed by atoms with Crippen LogP contribution in [0, 0.1) is 17.2 Å². The van der Waals surface area contributed by atoms with Gasteiger partial charge in [0, 0.05) is 0 Å². The van der Waals surface area contributed by atoms with Gasteiger partial charge in [-0.05, 0) is 36.0 Å². The number of benzene rings is 1. The summed E-state index contributed by atoms with van der Waals surface area (Å²) in [5, 5.41) is 18.5. The lowest BCUT2D eigenvalue weighted by molar-refractivity contribution is -0.145. The topological polar surface area (TPSA) is 87.1 Å². The molecule has 4 heteroatoms. The lowest BCUT2D eigenvalue weighted by atomic mass is 9.82. The summed E-state index contributed by atoms with van der Waals surface area (Å²) in [7, 11) is 0. The molecule has 1 aliphatic carbocycles. The summed E-state index contributed by atoms with van der Waals surface area (Å²) in [6.07, 6.45) is 2.70. The van der Waals surface area contributed by atoms with Gasteiger partial charge >= 0.3 is 5.97 Å². The van der Waals surface area contributed by atoms with E-state index in [2.05, 4.69) is 12.6 Å². The third-order valence-electron chi connectivity index (χ3n) is 3.64. The first-order valence-electron chi connectivity index (χ1n) is 5.71. The van der Waals surface area contributed by atoms with Crippen molar-refractivity contribution in [3.05, 3.63) is 47.5 Å². The van der Waals surface area contributed by atoms with Crippen LogP contribution >= 0.6 is 0 Å². The SMILES string of the molecule is C=CC[C@H]1Cc2c(C#N)cccc2[C@@]1(N)C(=O)O. The van der Waals surface area contributed by atoms with E-state index in [1.807, 2.05) is 0 Å². The third kappa shape index (κ3) is 1.52. The number of nitriles is 1. The highest BCUT2D eigenvalue weighted by Crippen LogP contribution is 2.42. The second-order valence-corrected chi connectivity index (χ2v) is 4.54. The fourth-order valence-corrected chi connectivity index (χ4v) is 2.69. The Morgan fingerprint density at radius 2 is 2.44 bits per heavy atom. The largest absolute Gasteiger partial charge is 0.480 e. The minimum Gasteiger partial charge on any atom is -0.480 e. The minimum atomic E-state index is -1.42. The number of carbonyl (C=O) groups is 1. The molecule has 2 atom stereocenters. The number of nitrogens with zero attached hydrogens (tertiary/aromatic N) is 1. The Bertz CT molecular complexity index is 559. The molecule has 0 saturated heterocycles. The summed E-state index contributed by atoms with van der Waals surface area (Å²) in [5.74, 6) is -1.31. The van der Waals surface area contributed by atoms with Gasteiger partial charge in [-0.1, -0.05) is 18.2 Å². The van der Waals surface area contributed by atoms with Crippen molar-refractivity contribution in [2.24, 2.45) is 11.7 Å². The van der Waals surface area contributed by atoms with Crippen LogP contribution in [-0.2, 0) is 16.8 Å².